The Morgan fingerprint density at radius 2 is 1.94 bits per heavy atom. The van der Waals surface area contributed by atoms with Gasteiger partial charge in [0.15, 0.2) is 0 Å². The summed E-state index contributed by atoms with van der Waals surface area (Å²) in [6, 6.07) is 1.77. The molecule has 1 aromatic heterocycles. The molecular formula is C11H18ClN3O2S. The topological polar surface area (TPSA) is 72.0 Å². The molecule has 1 unspecified atom stereocenters. The predicted octanol–water partition coefficient (Wildman–Crippen LogP) is 0.898. The first kappa shape index (κ1) is 15.3. The molecule has 102 valence electrons. The Bertz CT molecular complexity index is 493. The number of sulfone groups is 1. The number of aromatic nitrogens is 2. The standard InChI is InChI=1S/C11H17N3O2S.ClH/c1-8-5-9(2)14-11(13-8)17(15,16)7-10-3-4-12-6-10;/h5,10,12H,3-4,6-7H2,1-2H3;1H. The van der Waals surface area contributed by atoms with Crippen molar-refractivity contribution in [2.75, 3.05) is 18.8 Å². The molecule has 1 aliphatic heterocycles. The molecule has 7 heteroatoms. The van der Waals surface area contributed by atoms with Gasteiger partial charge in [-0.05, 0) is 45.3 Å². The first-order valence-corrected chi connectivity index (χ1v) is 7.38. The van der Waals surface area contributed by atoms with E-state index in [0.717, 1.165) is 19.5 Å². The van der Waals surface area contributed by atoms with Crippen molar-refractivity contribution in [1.29, 1.82) is 0 Å². The lowest BCUT2D eigenvalue weighted by Gasteiger charge is -2.09. The summed E-state index contributed by atoms with van der Waals surface area (Å²) in [6.07, 6.45) is 0.907. The monoisotopic (exact) mass is 291 g/mol. The van der Waals surface area contributed by atoms with Gasteiger partial charge in [-0.1, -0.05) is 0 Å². The molecule has 0 radical (unpaired) electrons. The SMILES string of the molecule is Cc1cc(C)nc(S(=O)(=O)CC2CCNC2)n1.Cl. The highest BCUT2D eigenvalue weighted by Crippen LogP contribution is 2.15. The molecule has 1 atom stereocenters. The van der Waals surface area contributed by atoms with Crippen LogP contribution < -0.4 is 5.32 Å². The number of hydrogen-bond donors (Lipinski definition) is 1. The maximum Gasteiger partial charge on any atom is 0.247 e. The van der Waals surface area contributed by atoms with Gasteiger partial charge < -0.3 is 5.32 Å². The van der Waals surface area contributed by atoms with Gasteiger partial charge in [0.1, 0.15) is 0 Å². The zero-order chi connectivity index (χ0) is 12.5. The molecule has 1 saturated heterocycles. The highest BCUT2D eigenvalue weighted by atomic mass is 35.5. The van der Waals surface area contributed by atoms with E-state index in [-0.39, 0.29) is 29.2 Å². The van der Waals surface area contributed by atoms with Gasteiger partial charge in [-0.15, -0.1) is 12.4 Å². The van der Waals surface area contributed by atoms with Crippen molar-refractivity contribution in [3.8, 4) is 0 Å². The van der Waals surface area contributed by atoms with Gasteiger partial charge in [0, 0.05) is 11.4 Å². The molecule has 0 amide bonds. The molecule has 1 aromatic rings. The van der Waals surface area contributed by atoms with Crippen molar-refractivity contribution >= 4 is 22.2 Å². The first-order valence-electron chi connectivity index (χ1n) is 5.73. The number of halogens is 1. The molecule has 2 heterocycles. The van der Waals surface area contributed by atoms with E-state index in [2.05, 4.69) is 15.3 Å². The van der Waals surface area contributed by atoms with E-state index in [4.69, 9.17) is 0 Å². The molecular weight excluding hydrogens is 274 g/mol. The maximum absolute atomic E-state index is 12.1. The van der Waals surface area contributed by atoms with Crippen LogP contribution >= 0.6 is 12.4 Å². The Morgan fingerprint density at radius 1 is 1.33 bits per heavy atom. The van der Waals surface area contributed by atoms with Gasteiger partial charge in [-0.2, -0.15) is 0 Å². The van der Waals surface area contributed by atoms with Crippen LogP contribution in [0.4, 0.5) is 0 Å². The Balaban J connectivity index is 0.00000162. The second kappa shape index (κ2) is 5.95. The average Bonchev–Trinajstić information content (AvgIpc) is 2.68. The minimum atomic E-state index is -3.35. The number of nitrogens with one attached hydrogen (secondary N) is 1. The highest BCUT2D eigenvalue weighted by molar-refractivity contribution is 7.91. The van der Waals surface area contributed by atoms with Crippen LogP contribution in [0.5, 0.6) is 0 Å². The molecule has 2 rings (SSSR count). The van der Waals surface area contributed by atoms with Crippen molar-refractivity contribution in [3.05, 3.63) is 17.5 Å². The molecule has 1 aliphatic rings. The summed E-state index contributed by atoms with van der Waals surface area (Å²) in [5.41, 5.74) is 1.39. The second-order valence-corrected chi connectivity index (χ2v) is 6.50. The lowest BCUT2D eigenvalue weighted by Crippen LogP contribution is -2.21. The Labute approximate surface area is 114 Å². The molecule has 5 nitrogen and oxygen atoms in total. The normalized spacial score (nSPS) is 19.6. The van der Waals surface area contributed by atoms with E-state index in [1.165, 1.54) is 0 Å². The van der Waals surface area contributed by atoms with Crippen molar-refractivity contribution < 1.29 is 8.42 Å². The Morgan fingerprint density at radius 3 is 2.44 bits per heavy atom. The molecule has 0 aromatic carbocycles. The number of aryl methyl sites for hydroxylation is 2. The van der Waals surface area contributed by atoms with Gasteiger partial charge >= 0.3 is 0 Å². The van der Waals surface area contributed by atoms with Crippen LogP contribution in [0.25, 0.3) is 0 Å². The molecule has 0 bridgehead atoms. The minimum absolute atomic E-state index is 0. The zero-order valence-corrected chi connectivity index (χ0v) is 12.1. The van der Waals surface area contributed by atoms with E-state index >= 15 is 0 Å². The van der Waals surface area contributed by atoms with Crippen LogP contribution in [0.2, 0.25) is 0 Å². The first-order chi connectivity index (χ1) is 7.97. The van der Waals surface area contributed by atoms with Crippen molar-refractivity contribution in [2.24, 2.45) is 5.92 Å². The third kappa shape index (κ3) is 3.63. The fourth-order valence-electron chi connectivity index (χ4n) is 2.07. The number of rotatable bonds is 3. The van der Waals surface area contributed by atoms with E-state index in [9.17, 15) is 8.42 Å². The molecule has 0 aliphatic carbocycles. The fraction of sp³-hybridized carbons (Fsp3) is 0.636. The van der Waals surface area contributed by atoms with E-state index in [1.54, 1.807) is 19.9 Å². The van der Waals surface area contributed by atoms with Gasteiger partial charge in [-0.25, -0.2) is 18.4 Å². The summed E-state index contributed by atoms with van der Waals surface area (Å²) in [4.78, 5) is 8.06. The summed E-state index contributed by atoms with van der Waals surface area (Å²) >= 11 is 0. The van der Waals surface area contributed by atoms with Gasteiger partial charge in [-0.3, -0.25) is 0 Å². The van der Waals surface area contributed by atoms with Crippen LogP contribution in [-0.4, -0.2) is 37.2 Å². The zero-order valence-electron chi connectivity index (χ0n) is 10.5. The number of hydrogen-bond acceptors (Lipinski definition) is 5. The van der Waals surface area contributed by atoms with Gasteiger partial charge in [0.25, 0.3) is 0 Å². The van der Waals surface area contributed by atoms with Crippen LogP contribution in [-0.2, 0) is 9.84 Å². The van der Waals surface area contributed by atoms with Crippen molar-refractivity contribution in [2.45, 2.75) is 25.4 Å². The van der Waals surface area contributed by atoms with E-state index in [0.29, 0.717) is 11.4 Å². The lowest BCUT2D eigenvalue weighted by molar-refractivity contribution is 0.561. The van der Waals surface area contributed by atoms with Crippen LogP contribution in [0.15, 0.2) is 11.2 Å². The highest BCUT2D eigenvalue weighted by Gasteiger charge is 2.26. The smallest absolute Gasteiger partial charge is 0.247 e. The van der Waals surface area contributed by atoms with Crippen molar-refractivity contribution in [3.63, 3.8) is 0 Å². The molecule has 1 N–H and O–H groups in total. The summed E-state index contributed by atoms with van der Waals surface area (Å²) < 4.78 is 24.3. The Kier molecular flexibility index (Phi) is 5.07. The largest absolute Gasteiger partial charge is 0.316 e. The third-order valence-corrected chi connectivity index (χ3v) is 4.51. The number of nitrogens with zero attached hydrogens (tertiary/aromatic N) is 2. The van der Waals surface area contributed by atoms with Crippen LogP contribution in [0.3, 0.4) is 0 Å². The summed E-state index contributed by atoms with van der Waals surface area (Å²) in [7, 11) is -3.35. The second-order valence-electron chi connectivity index (χ2n) is 4.57. The molecule has 0 saturated carbocycles. The quantitative estimate of drug-likeness (QED) is 0.838. The maximum atomic E-state index is 12.1. The summed E-state index contributed by atoms with van der Waals surface area (Å²) in [6.45, 7) is 5.23. The van der Waals surface area contributed by atoms with E-state index in [1.807, 2.05) is 0 Å². The van der Waals surface area contributed by atoms with Gasteiger partial charge in [0.2, 0.25) is 15.0 Å². The summed E-state index contributed by atoms with van der Waals surface area (Å²) in [5, 5.41) is 3.14. The van der Waals surface area contributed by atoms with Crippen LogP contribution in [0, 0.1) is 19.8 Å². The molecule has 0 spiro atoms. The van der Waals surface area contributed by atoms with Crippen molar-refractivity contribution in [1.82, 2.24) is 15.3 Å². The predicted molar refractivity (Wildman–Crippen MR) is 71.8 cm³/mol. The molecule has 1 fully saturated rings. The lowest BCUT2D eigenvalue weighted by atomic mass is 10.2. The third-order valence-electron chi connectivity index (χ3n) is 2.86. The Hall–Kier alpha value is -0.720. The molecule has 18 heavy (non-hydrogen) atoms. The van der Waals surface area contributed by atoms with Gasteiger partial charge in [0.05, 0.1) is 5.75 Å². The minimum Gasteiger partial charge on any atom is -0.316 e. The average molecular weight is 292 g/mol. The summed E-state index contributed by atoms with van der Waals surface area (Å²) in [5.74, 6) is 0.326. The van der Waals surface area contributed by atoms with Crippen LogP contribution in [0.1, 0.15) is 17.8 Å². The van der Waals surface area contributed by atoms with E-state index < -0.39 is 9.84 Å². The fourth-order valence-corrected chi connectivity index (χ4v) is 3.69.